The second-order valence-electron chi connectivity index (χ2n) is 11.4. The van der Waals surface area contributed by atoms with Crippen LogP contribution >= 0.6 is 0 Å². The van der Waals surface area contributed by atoms with Crippen LogP contribution in [0.4, 0.5) is 0 Å². The number of fused-ring (bicyclic) bond motifs is 3. The van der Waals surface area contributed by atoms with Gasteiger partial charge in [0.05, 0.1) is 33.5 Å². The van der Waals surface area contributed by atoms with E-state index in [2.05, 4.69) is 24.3 Å². The van der Waals surface area contributed by atoms with Crippen LogP contribution in [0.5, 0.6) is 0 Å². The fourth-order valence-corrected chi connectivity index (χ4v) is 5.97. The van der Waals surface area contributed by atoms with Gasteiger partial charge in [-0.25, -0.2) is 19.6 Å². The van der Waals surface area contributed by atoms with Crippen LogP contribution in [0.25, 0.3) is 66.6 Å². The molecule has 7 aromatic rings. The predicted molar refractivity (Wildman–Crippen MR) is 182 cm³/mol. The summed E-state index contributed by atoms with van der Waals surface area (Å²) in [6.07, 6.45) is 0. The first kappa shape index (κ1) is 28.6. The van der Waals surface area contributed by atoms with Gasteiger partial charge in [0, 0.05) is 21.9 Å². The van der Waals surface area contributed by atoms with Crippen molar-refractivity contribution < 1.29 is 19.8 Å². The number of aromatic nitrogens is 2. The molecule has 6 nitrogen and oxygen atoms in total. The molecule has 5 aromatic carbocycles. The second-order valence-corrected chi connectivity index (χ2v) is 11.4. The first-order valence-corrected chi connectivity index (χ1v) is 14.9. The van der Waals surface area contributed by atoms with Crippen LogP contribution in [0.3, 0.4) is 0 Å². The van der Waals surface area contributed by atoms with Gasteiger partial charge in [0.1, 0.15) is 0 Å². The van der Waals surface area contributed by atoms with Gasteiger partial charge in [-0.05, 0) is 83.6 Å². The van der Waals surface area contributed by atoms with Crippen LogP contribution in [0.2, 0.25) is 0 Å². The number of pyridine rings is 2. The third-order valence-electron chi connectivity index (χ3n) is 8.45. The molecular weight excluding hydrogens is 572 g/mol. The van der Waals surface area contributed by atoms with Crippen molar-refractivity contribution >= 4 is 33.7 Å². The van der Waals surface area contributed by atoms with Gasteiger partial charge in [-0.3, -0.25) is 0 Å². The highest BCUT2D eigenvalue weighted by atomic mass is 16.4. The zero-order valence-electron chi connectivity index (χ0n) is 25.2. The minimum Gasteiger partial charge on any atom is -0.478 e. The Kier molecular flexibility index (Phi) is 7.10. The summed E-state index contributed by atoms with van der Waals surface area (Å²) in [4.78, 5) is 32.8. The smallest absolute Gasteiger partial charge is 0.335 e. The zero-order valence-corrected chi connectivity index (χ0v) is 25.2. The van der Waals surface area contributed by atoms with Crippen LogP contribution in [-0.2, 0) is 0 Å². The standard InChI is InChI=1S/C40H28N2O4/c1-23-21-31(39(43)44)13-17-33(23)25-3-7-27(8-4-25)35-19-15-29-11-12-30-16-20-36(42-38(30)37(29)41-35)28-9-5-26(6-10-28)34-18-14-32(40(45)46)22-24(34)2/h3-22H,1-2H3,(H,43,44)(H,45,46). The van der Waals surface area contributed by atoms with Crippen molar-refractivity contribution in [2.75, 3.05) is 0 Å². The molecule has 2 heterocycles. The Morgan fingerprint density at radius 2 is 0.804 bits per heavy atom. The van der Waals surface area contributed by atoms with E-state index in [0.717, 1.165) is 77.7 Å². The molecule has 0 aliphatic rings. The van der Waals surface area contributed by atoms with Gasteiger partial charge in [-0.1, -0.05) is 84.9 Å². The topological polar surface area (TPSA) is 100 Å². The van der Waals surface area contributed by atoms with E-state index in [0.29, 0.717) is 0 Å². The maximum Gasteiger partial charge on any atom is 0.335 e. The molecular formula is C40H28N2O4. The lowest BCUT2D eigenvalue weighted by atomic mass is 9.97. The number of carboxylic acids is 2. The quantitative estimate of drug-likeness (QED) is 0.184. The van der Waals surface area contributed by atoms with E-state index in [1.165, 1.54) is 0 Å². The number of hydrogen-bond donors (Lipinski definition) is 2. The largest absolute Gasteiger partial charge is 0.478 e. The van der Waals surface area contributed by atoms with Crippen molar-refractivity contribution in [2.24, 2.45) is 0 Å². The van der Waals surface area contributed by atoms with E-state index >= 15 is 0 Å². The summed E-state index contributed by atoms with van der Waals surface area (Å²) in [6.45, 7) is 3.84. The van der Waals surface area contributed by atoms with Gasteiger partial charge in [0.2, 0.25) is 0 Å². The Morgan fingerprint density at radius 3 is 1.15 bits per heavy atom. The maximum atomic E-state index is 11.3. The summed E-state index contributed by atoms with van der Waals surface area (Å²) in [5, 5.41) is 20.6. The average Bonchev–Trinajstić information content (AvgIpc) is 3.08. The lowest BCUT2D eigenvalue weighted by molar-refractivity contribution is 0.0686. The number of benzene rings is 5. The first-order chi connectivity index (χ1) is 22.2. The summed E-state index contributed by atoms with van der Waals surface area (Å²) in [6, 6.07) is 39.0. The minimum absolute atomic E-state index is 0.277. The van der Waals surface area contributed by atoms with Crippen molar-refractivity contribution in [2.45, 2.75) is 13.8 Å². The monoisotopic (exact) mass is 600 g/mol. The molecule has 2 N–H and O–H groups in total. The molecule has 0 spiro atoms. The Morgan fingerprint density at radius 1 is 0.457 bits per heavy atom. The predicted octanol–water partition coefficient (Wildman–Crippen LogP) is 9.46. The molecule has 6 heteroatoms. The van der Waals surface area contributed by atoms with E-state index < -0.39 is 11.9 Å². The number of carbonyl (C=O) groups is 2. The first-order valence-electron chi connectivity index (χ1n) is 14.9. The van der Waals surface area contributed by atoms with Crippen molar-refractivity contribution in [3.8, 4) is 44.8 Å². The second kappa shape index (κ2) is 11.4. The van der Waals surface area contributed by atoms with Crippen molar-refractivity contribution in [3.63, 3.8) is 0 Å². The van der Waals surface area contributed by atoms with E-state index in [9.17, 15) is 19.8 Å². The van der Waals surface area contributed by atoms with Crippen LogP contribution < -0.4 is 0 Å². The molecule has 2 aromatic heterocycles. The van der Waals surface area contributed by atoms with Crippen molar-refractivity contribution in [1.29, 1.82) is 0 Å². The third kappa shape index (κ3) is 5.26. The summed E-state index contributed by atoms with van der Waals surface area (Å²) < 4.78 is 0. The van der Waals surface area contributed by atoms with E-state index in [4.69, 9.17) is 9.97 Å². The highest BCUT2D eigenvalue weighted by Crippen LogP contribution is 2.32. The molecule has 7 rings (SSSR count). The van der Waals surface area contributed by atoms with E-state index in [1.54, 1.807) is 24.3 Å². The van der Waals surface area contributed by atoms with Crippen molar-refractivity contribution in [3.05, 3.63) is 144 Å². The van der Waals surface area contributed by atoms with Crippen LogP contribution in [-0.4, -0.2) is 32.1 Å². The van der Waals surface area contributed by atoms with Gasteiger partial charge in [0.25, 0.3) is 0 Å². The van der Waals surface area contributed by atoms with Gasteiger partial charge < -0.3 is 10.2 Å². The Bertz CT molecular complexity index is 2160. The van der Waals surface area contributed by atoms with Crippen LogP contribution in [0, 0.1) is 13.8 Å². The van der Waals surface area contributed by atoms with Gasteiger partial charge in [-0.2, -0.15) is 0 Å². The Labute approximate surface area is 265 Å². The lowest BCUT2D eigenvalue weighted by Gasteiger charge is -2.11. The highest BCUT2D eigenvalue weighted by Gasteiger charge is 2.12. The fourth-order valence-electron chi connectivity index (χ4n) is 5.97. The lowest BCUT2D eigenvalue weighted by Crippen LogP contribution is -1.97. The number of aromatic carboxylic acids is 2. The molecule has 0 radical (unpaired) electrons. The number of aryl methyl sites for hydroxylation is 2. The molecule has 0 atom stereocenters. The summed E-state index contributed by atoms with van der Waals surface area (Å²) in [5.74, 6) is -1.87. The molecule has 0 saturated heterocycles. The number of nitrogens with zero attached hydrogens (tertiary/aromatic N) is 2. The normalized spacial score (nSPS) is 11.2. The van der Waals surface area contributed by atoms with Gasteiger partial charge in [-0.15, -0.1) is 0 Å². The van der Waals surface area contributed by atoms with E-state index in [-0.39, 0.29) is 11.1 Å². The summed E-state index contributed by atoms with van der Waals surface area (Å²) >= 11 is 0. The molecule has 222 valence electrons. The summed E-state index contributed by atoms with van der Waals surface area (Å²) in [7, 11) is 0. The molecule has 0 fully saturated rings. The van der Waals surface area contributed by atoms with Gasteiger partial charge in [0.15, 0.2) is 0 Å². The van der Waals surface area contributed by atoms with Gasteiger partial charge >= 0.3 is 11.9 Å². The maximum absolute atomic E-state index is 11.3. The molecule has 0 unspecified atom stereocenters. The van der Waals surface area contributed by atoms with Crippen LogP contribution in [0.1, 0.15) is 31.8 Å². The molecule has 0 aliphatic heterocycles. The zero-order chi connectivity index (χ0) is 31.9. The average molecular weight is 601 g/mol. The van der Waals surface area contributed by atoms with E-state index in [1.807, 2.05) is 86.6 Å². The summed E-state index contributed by atoms with van der Waals surface area (Å²) in [5.41, 5.74) is 11.6. The van der Waals surface area contributed by atoms with Crippen molar-refractivity contribution in [1.82, 2.24) is 9.97 Å². The molecule has 0 saturated carbocycles. The fraction of sp³-hybridized carbons (Fsp3) is 0.0500. The third-order valence-corrected chi connectivity index (χ3v) is 8.45. The Hall–Kier alpha value is -6.14. The molecule has 0 amide bonds. The Balaban J connectivity index is 1.22. The number of rotatable bonds is 6. The van der Waals surface area contributed by atoms with Crippen LogP contribution in [0.15, 0.2) is 121 Å². The number of hydrogen-bond acceptors (Lipinski definition) is 4. The number of carboxylic acid groups (broad SMARTS) is 2. The highest BCUT2D eigenvalue weighted by molar-refractivity contribution is 6.04. The molecule has 46 heavy (non-hydrogen) atoms. The molecule has 0 bridgehead atoms. The SMILES string of the molecule is Cc1cc(C(=O)O)ccc1-c1ccc(-c2ccc3ccc4ccc(-c5ccc(-c6ccc(C(=O)O)cc6C)cc5)nc4c3n2)cc1. The minimum atomic E-state index is -0.934. The molecule has 0 aliphatic carbocycles.